The summed E-state index contributed by atoms with van der Waals surface area (Å²) >= 11 is 1.86. The van der Waals surface area contributed by atoms with Gasteiger partial charge < -0.3 is 0 Å². The van der Waals surface area contributed by atoms with Gasteiger partial charge in [0.1, 0.15) is 0 Å². The van der Waals surface area contributed by atoms with Crippen LogP contribution in [0.2, 0.25) is 0 Å². The van der Waals surface area contributed by atoms with Gasteiger partial charge in [0.05, 0.1) is 0 Å². The molecule has 0 spiro atoms. The summed E-state index contributed by atoms with van der Waals surface area (Å²) in [7, 11) is 0. The molecule has 1 unspecified atom stereocenters. The van der Waals surface area contributed by atoms with Crippen molar-refractivity contribution < 1.29 is 0 Å². The summed E-state index contributed by atoms with van der Waals surface area (Å²) in [6.07, 6.45) is 0.955. The first-order chi connectivity index (χ1) is 9.69. The normalized spacial score (nSPS) is 12.3. The maximum atomic E-state index is 5.70. The molecule has 1 atom stereocenters. The van der Waals surface area contributed by atoms with Crippen molar-refractivity contribution >= 4 is 11.8 Å². The third-order valence-electron chi connectivity index (χ3n) is 3.33. The largest absolute Gasteiger partial charge is 0.271 e. The fourth-order valence-corrected chi connectivity index (χ4v) is 3.26. The first kappa shape index (κ1) is 15.1. The zero-order chi connectivity index (χ0) is 14.4. The monoisotopic (exact) mass is 286 g/mol. The van der Waals surface area contributed by atoms with Crippen LogP contribution < -0.4 is 11.3 Å². The Labute approximate surface area is 125 Å². The molecule has 0 amide bonds. The van der Waals surface area contributed by atoms with Gasteiger partial charge in [0.2, 0.25) is 0 Å². The SMILES string of the molecule is Cc1cccc(CC(CSc2ccccc2C)NN)c1. The van der Waals surface area contributed by atoms with Crippen LogP contribution in [0.5, 0.6) is 0 Å². The smallest absolute Gasteiger partial charge is 0.0344 e. The van der Waals surface area contributed by atoms with E-state index in [-0.39, 0.29) is 6.04 Å². The van der Waals surface area contributed by atoms with Gasteiger partial charge in [-0.1, -0.05) is 48.0 Å². The molecule has 106 valence electrons. The second-order valence-electron chi connectivity index (χ2n) is 5.13. The van der Waals surface area contributed by atoms with Crippen molar-refractivity contribution in [1.29, 1.82) is 0 Å². The summed E-state index contributed by atoms with van der Waals surface area (Å²) in [5.74, 6) is 6.67. The molecular formula is C17H22N2S. The summed E-state index contributed by atoms with van der Waals surface area (Å²) in [5, 5.41) is 0. The van der Waals surface area contributed by atoms with Crippen LogP contribution in [-0.4, -0.2) is 11.8 Å². The van der Waals surface area contributed by atoms with E-state index in [2.05, 4.69) is 67.8 Å². The van der Waals surface area contributed by atoms with E-state index in [0.717, 1.165) is 12.2 Å². The predicted octanol–water partition coefficient (Wildman–Crippen LogP) is 3.47. The molecule has 0 radical (unpaired) electrons. The number of aryl methyl sites for hydroxylation is 2. The molecule has 2 aromatic rings. The zero-order valence-electron chi connectivity index (χ0n) is 12.1. The number of thioether (sulfide) groups is 1. The molecule has 0 aromatic heterocycles. The highest BCUT2D eigenvalue weighted by Gasteiger charge is 2.09. The average molecular weight is 286 g/mol. The number of nitrogens with one attached hydrogen (secondary N) is 1. The third kappa shape index (κ3) is 4.37. The molecule has 0 aliphatic heterocycles. The van der Waals surface area contributed by atoms with E-state index in [1.54, 1.807) is 0 Å². The summed E-state index contributed by atoms with van der Waals surface area (Å²) in [6.45, 7) is 4.27. The number of rotatable bonds is 6. The van der Waals surface area contributed by atoms with Crippen LogP contribution in [0.3, 0.4) is 0 Å². The molecule has 3 N–H and O–H groups in total. The van der Waals surface area contributed by atoms with Gasteiger partial charge in [-0.15, -0.1) is 11.8 Å². The van der Waals surface area contributed by atoms with Crippen LogP contribution in [-0.2, 0) is 6.42 Å². The molecule has 0 saturated heterocycles. The molecule has 0 aliphatic carbocycles. The highest BCUT2D eigenvalue weighted by Crippen LogP contribution is 2.23. The van der Waals surface area contributed by atoms with Gasteiger partial charge in [0.15, 0.2) is 0 Å². The number of nitrogens with two attached hydrogens (primary N) is 1. The Hall–Kier alpha value is -1.29. The molecule has 0 aliphatic rings. The fourth-order valence-electron chi connectivity index (χ4n) is 2.20. The van der Waals surface area contributed by atoms with Crippen LogP contribution in [0.4, 0.5) is 0 Å². The minimum absolute atomic E-state index is 0.279. The molecular weight excluding hydrogens is 264 g/mol. The van der Waals surface area contributed by atoms with Gasteiger partial charge in [0.25, 0.3) is 0 Å². The van der Waals surface area contributed by atoms with Crippen LogP contribution in [0.1, 0.15) is 16.7 Å². The van der Waals surface area contributed by atoms with E-state index in [1.165, 1.54) is 21.6 Å². The van der Waals surface area contributed by atoms with E-state index in [0.29, 0.717) is 0 Å². The topological polar surface area (TPSA) is 38.0 Å². The molecule has 3 heteroatoms. The summed E-state index contributed by atoms with van der Waals surface area (Å²) in [5.41, 5.74) is 6.89. The van der Waals surface area contributed by atoms with Crippen molar-refractivity contribution in [1.82, 2.24) is 5.43 Å². The van der Waals surface area contributed by atoms with E-state index in [1.807, 2.05) is 11.8 Å². The predicted molar refractivity (Wildman–Crippen MR) is 87.9 cm³/mol. The lowest BCUT2D eigenvalue weighted by atomic mass is 10.1. The van der Waals surface area contributed by atoms with Gasteiger partial charge in [0, 0.05) is 16.7 Å². The maximum absolute atomic E-state index is 5.70. The highest BCUT2D eigenvalue weighted by atomic mass is 32.2. The molecule has 0 fully saturated rings. The van der Waals surface area contributed by atoms with Gasteiger partial charge in [-0.3, -0.25) is 11.3 Å². The average Bonchev–Trinajstić information content (AvgIpc) is 2.45. The molecule has 0 saturated carbocycles. The summed E-state index contributed by atoms with van der Waals surface area (Å²) in [4.78, 5) is 1.33. The number of hydrazine groups is 1. The molecule has 2 aromatic carbocycles. The Morgan fingerprint density at radius 2 is 1.90 bits per heavy atom. The van der Waals surface area contributed by atoms with Crippen LogP contribution in [0.15, 0.2) is 53.4 Å². The molecule has 2 rings (SSSR count). The summed E-state index contributed by atoms with van der Waals surface area (Å²) in [6, 6.07) is 17.4. The number of hydrogen-bond donors (Lipinski definition) is 2. The van der Waals surface area contributed by atoms with Crippen LogP contribution in [0.25, 0.3) is 0 Å². The standard InChI is InChI=1S/C17H22N2S/c1-13-6-5-8-15(10-13)11-16(19-18)12-20-17-9-4-3-7-14(17)2/h3-10,16,19H,11-12,18H2,1-2H3. The lowest BCUT2D eigenvalue weighted by Crippen LogP contribution is -2.38. The first-order valence-electron chi connectivity index (χ1n) is 6.89. The van der Waals surface area contributed by atoms with Crippen molar-refractivity contribution in [3.63, 3.8) is 0 Å². The number of benzene rings is 2. The Kier molecular flexibility index (Phi) is 5.65. The van der Waals surface area contributed by atoms with Crippen molar-refractivity contribution in [3.8, 4) is 0 Å². The molecule has 0 heterocycles. The highest BCUT2D eigenvalue weighted by molar-refractivity contribution is 7.99. The van der Waals surface area contributed by atoms with Crippen molar-refractivity contribution in [2.75, 3.05) is 5.75 Å². The Bertz CT molecular complexity index is 554. The minimum atomic E-state index is 0.279. The second-order valence-corrected chi connectivity index (χ2v) is 6.20. The Balaban J connectivity index is 1.94. The van der Waals surface area contributed by atoms with Crippen molar-refractivity contribution in [2.45, 2.75) is 31.2 Å². The molecule has 20 heavy (non-hydrogen) atoms. The summed E-state index contributed by atoms with van der Waals surface area (Å²) < 4.78 is 0. The van der Waals surface area contributed by atoms with Gasteiger partial charge >= 0.3 is 0 Å². The van der Waals surface area contributed by atoms with Crippen molar-refractivity contribution in [2.24, 2.45) is 5.84 Å². The Morgan fingerprint density at radius 3 is 2.60 bits per heavy atom. The van der Waals surface area contributed by atoms with E-state index in [4.69, 9.17) is 5.84 Å². The Morgan fingerprint density at radius 1 is 1.10 bits per heavy atom. The zero-order valence-corrected chi connectivity index (χ0v) is 12.9. The minimum Gasteiger partial charge on any atom is -0.271 e. The fraction of sp³-hybridized carbons (Fsp3) is 0.294. The maximum Gasteiger partial charge on any atom is 0.0344 e. The van der Waals surface area contributed by atoms with Gasteiger partial charge in [-0.05, 0) is 37.5 Å². The second kappa shape index (κ2) is 7.48. The molecule has 2 nitrogen and oxygen atoms in total. The van der Waals surface area contributed by atoms with Crippen LogP contribution >= 0.6 is 11.8 Å². The third-order valence-corrected chi connectivity index (χ3v) is 4.67. The van der Waals surface area contributed by atoms with Crippen LogP contribution in [0, 0.1) is 13.8 Å². The lowest BCUT2D eigenvalue weighted by molar-refractivity contribution is 0.575. The van der Waals surface area contributed by atoms with E-state index in [9.17, 15) is 0 Å². The van der Waals surface area contributed by atoms with E-state index < -0.39 is 0 Å². The van der Waals surface area contributed by atoms with E-state index >= 15 is 0 Å². The van der Waals surface area contributed by atoms with Gasteiger partial charge in [-0.25, -0.2) is 0 Å². The molecule has 0 bridgehead atoms. The van der Waals surface area contributed by atoms with Crippen molar-refractivity contribution in [3.05, 3.63) is 65.2 Å². The van der Waals surface area contributed by atoms with Gasteiger partial charge in [-0.2, -0.15) is 0 Å². The first-order valence-corrected chi connectivity index (χ1v) is 7.87. The lowest BCUT2D eigenvalue weighted by Gasteiger charge is -2.16. The number of hydrogen-bond acceptors (Lipinski definition) is 3. The quantitative estimate of drug-likeness (QED) is 0.485.